The second kappa shape index (κ2) is 6.64. The van der Waals surface area contributed by atoms with Crippen LogP contribution in [0.15, 0.2) is 30.3 Å². The Kier molecular flexibility index (Phi) is 4.41. The quantitative estimate of drug-likeness (QED) is 0.763. The molecule has 0 radical (unpaired) electrons. The monoisotopic (exact) mass is 311 g/mol. The number of hydrogen-bond acceptors (Lipinski definition) is 5. The molecule has 1 aromatic heterocycles. The van der Waals surface area contributed by atoms with Gasteiger partial charge in [0.25, 0.3) is 0 Å². The van der Waals surface area contributed by atoms with E-state index in [0.29, 0.717) is 5.82 Å². The predicted octanol–water partition coefficient (Wildman–Crippen LogP) is 3.31. The Hall–Kier alpha value is -2.63. The van der Waals surface area contributed by atoms with Crippen molar-refractivity contribution in [3.05, 3.63) is 36.2 Å². The lowest BCUT2D eigenvalue weighted by Gasteiger charge is -2.10. The summed E-state index contributed by atoms with van der Waals surface area (Å²) in [5.41, 5.74) is 1.73. The number of nitrogens with zero attached hydrogens (tertiary/aromatic N) is 2. The first kappa shape index (κ1) is 15.3. The Morgan fingerprint density at radius 3 is 2.43 bits per heavy atom. The summed E-state index contributed by atoms with van der Waals surface area (Å²) in [5, 5.41) is 9.37. The Morgan fingerprint density at radius 2 is 1.78 bits per heavy atom. The minimum atomic E-state index is 0.118. The average molecular weight is 311 g/mol. The molecule has 3 N–H and O–H groups in total. The van der Waals surface area contributed by atoms with Crippen LogP contribution in [-0.2, 0) is 4.79 Å². The second-order valence-electron chi connectivity index (χ2n) is 5.68. The van der Waals surface area contributed by atoms with E-state index >= 15 is 0 Å². The van der Waals surface area contributed by atoms with Gasteiger partial charge in [0.05, 0.1) is 0 Å². The first-order valence-corrected chi connectivity index (χ1v) is 7.91. The number of nitrogens with one attached hydrogen (secondary N) is 3. The first-order valence-electron chi connectivity index (χ1n) is 7.91. The molecular formula is C17H21N5O. The molecule has 1 saturated carbocycles. The highest BCUT2D eigenvalue weighted by molar-refractivity contribution is 5.94. The summed E-state index contributed by atoms with van der Waals surface area (Å²) in [4.78, 5) is 20.4. The normalized spacial score (nSPS) is 13.5. The summed E-state index contributed by atoms with van der Waals surface area (Å²) >= 11 is 0. The van der Waals surface area contributed by atoms with E-state index in [1.807, 2.05) is 44.2 Å². The van der Waals surface area contributed by atoms with Crippen molar-refractivity contribution in [2.45, 2.75) is 26.7 Å². The molecule has 1 aromatic carbocycles. The van der Waals surface area contributed by atoms with E-state index in [9.17, 15) is 4.79 Å². The van der Waals surface area contributed by atoms with Crippen molar-refractivity contribution in [2.75, 3.05) is 22.5 Å². The molecule has 0 atom stereocenters. The van der Waals surface area contributed by atoms with E-state index in [-0.39, 0.29) is 11.8 Å². The lowest BCUT2D eigenvalue weighted by Crippen LogP contribution is -2.13. The summed E-state index contributed by atoms with van der Waals surface area (Å²) < 4.78 is 0. The van der Waals surface area contributed by atoms with Crippen molar-refractivity contribution in [2.24, 2.45) is 5.92 Å². The largest absolute Gasteiger partial charge is 0.370 e. The van der Waals surface area contributed by atoms with E-state index in [1.165, 1.54) is 0 Å². The molecule has 0 spiro atoms. The Balaban J connectivity index is 1.66. The van der Waals surface area contributed by atoms with Crippen LogP contribution in [0.5, 0.6) is 0 Å². The molecule has 6 nitrogen and oxygen atoms in total. The standard InChI is InChI=1S/C17H21N5O/c1-3-18-15-10-16(20-11(2)19-15)21-13-6-8-14(9-7-13)22-17(23)12-4-5-12/h6-10,12H,3-5H2,1-2H3,(H,22,23)(H2,18,19,20,21). The minimum Gasteiger partial charge on any atom is -0.370 e. The predicted molar refractivity (Wildman–Crippen MR) is 92.0 cm³/mol. The van der Waals surface area contributed by atoms with Crippen molar-refractivity contribution in [1.29, 1.82) is 0 Å². The minimum absolute atomic E-state index is 0.118. The van der Waals surface area contributed by atoms with Gasteiger partial charge in [0.15, 0.2) is 0 Å². The molecule has 120 valence electrons. The SMILES string of the molecule is CCNc1cc(Nc2ccc(NC(=O)C3CC3)cc2)nc(C)n1. The van der Waals surface area contributed by atoms with Crippen LogP contribution in [-0.4, -0.2) is 22.4 Å². The van der Waals surface area contributed by atoms with Crippen LogP contribution in [0.3, 0.4) is 0 Å². The maximum Gasteiger partial charge on any atom is 0.227 e. The number of anilines is 4. The van der Waals surface area contributed by atoms with Crippen LogP contribution in [0, 0.1) is 12.8 Å². The molecule has 6 heteroatoms. The zero-order valence-electron chi connectivity index (χ0n) is 13.4. The highest BCUT2D eigenvalue weighted by atomic mass is 16.2. The third kappa shape index (κ3) is 4.18. The molecule has 1 fully saturated rings. The second-order valence-corrected chi connectivity index (χ2v) is 5.68. The molecule has 23 heavy (non-hydrogen) atoms. The maximum atomic E-state index is 11.7. The smallest absolute Gasteiger partial charge is 0.227 e. The lowest BCUT2D eigenvalue weighted by atomic mass is 10.2. The molecule has 0 saturated heterocycles. The summed E-state index contributed by atoms with van der Waals surface area (Å²) in [7, 11) is 0. The lowest BCUT2D eigenvalue weighted by molar-refractivity contribution is -0.117. The van der Waals surface area contributed by atoms with Crippen molar-refractivity contribution in [3.63, 3.8) is 0 Å². The van der Waals surface area contributed by atoms with Gasteiger partial charge in [-0.15, -0.1) is 0 Å². The molecule has 3 rings (SSSR count). The topological polar surface area (TPSA) is 78.9 Å². The molecule has 0 unspecified atom stereocenters. The fraction of sp³-hybridized carbons (Fsp3) is 0.353. The molecule has 0 bridgehead atoms. The third-order valence-corrected chi connectivity index (χ3v) is 3.57. The Bertz CT molecular complexity index is 695. The van der Waals surface area contributed by atoms with E-state index in [1.54, 1.807) is 0 Å². The maximum absolute atomic E-state index is 11.7. The molecule has 2 aromatic rings. The van der Waals surface area contributed by atoms with Crippen LogP contribution in [0.25, 0.3) is 0 Å². The van der Waals surface area contributed by atoms with Crippen molar-refractivity contribution in [3.8, 4) is 0 Å². The average Bonchev–Trinajstić information content (AvgIpc) is 3.34. The van der Waals surface area contributed by atoms with Gasteiger partial charge >= 0.3 is 0 Å². The fourth-order valence-corrected chi connectivity index (χ4v) is 2.28. The van der Waals surface area contributed by atoms with Crippen LogP contribution < -0.4 is 16.0 Å². The van der Waals surface area contributed by atoms with Gasteiger partial charge in [-0.3, -0.25) is 4.79 Å². The van der Waals surface area contributed by atoms with Crippen molar-refractivity contribution in [1.82, 2.24) is 9.97 Å². The van der Waals surface area contributed by atoms with E-state index < -0.39 is 0 Å². The highest BCUT2D eigenvalue weighted by Gasteiger charge is 2.29. The van der Waals surface area contributed by atoms with Crippen molar-refractivity contribution < 1.29 is 4.79 Å². The molecule has 1 heterocycles. The number of aryl methyl sites for hydroxylation is 1. The molecule has 1 aliphatic rings. The van der Waals surface area contributed by atoms with Gasteiger partial charge in [-0.2, -0.15) is 0 Å². The van der Waals surface area contributed by atoms with E-state index in [0.717, 1.165) is 42.4 Å². The van der Waals surface area contributed by atoms with Gasteiger partial charge in [-0.25, -0.2) is 9.97 Å². The van der Waals surface area contributed by atoms with Gasteiger partial charge in [-0.1, -0.05) is 0 Å². The Morgan fingerprint density at radius 1 is 1.13 bits per heavy atom. The molecule has 0 aliphatic heterocycles. The van der Waals surface area contributed by atoms with Crippen LogP contribution in [0.4, 0.5) is 23.0 Å². The molecule has 1 amide bonds. The van der Waals surface area contributed by atoms with E-state index in [4.69, 9.17) is 0 Å². The first-order chi connectivity index (χ1) is 11.1. The van der Waals surface area contributed by atoms with Crippen LogP contribution in [0.1, 0.15) is 25.6 Å². The number of rotatable bonds is 6. The van der Waals surface area contributed by atoms with Crippen molar-refractivity contribution >= 4 is 28.9 Å². The zero-order chi connectivity index (χ0) is 16.2. The van der Waals surface area contributed by atoms with Crippen LogP contribution >= 0.6 is 0 Å². The molecule has 1 aliphatic carbocycles. The number of carbonyl (C=O) groups excluding carboxylic acids is 1. The van der Waals surface area contributed by atoms with Gasteiger partial charge in [0.1, 0.15) is 17.5 Å². The van der Waals surface area contributed by atoms with Gasteiger partial charge in [0.2, 0.25) is 5.91 Å². The number of benzene rings is 1. The van der Waals surface area contributed by atoms with Gasteiger partial charge in [0, 0.05) is 29.9 Å². The molecular weight excluding hydrogens is 290 g/mol. The zero-order valence-corrected chi connectivity index (χ0v) is 13.4. The third-order valence-electron chi connectivity index (χ3n) is 3.57. The van der Waals surface area contributed by atoms with Gasteiger partial charge in [-0.05, 0) is 51.0 Å². The van der Waals surface area contributed by atoms with E-state index in [2.05, 4.69) is 25.9 Å². The highest BCUT2D eigenvalue weighted by Crippen LogP contribution is 2.30. The Labute approximate surface area is 135 Å². The number of hydrogen-bond donors (Lipinski definition) is 3. The summed E-state index contributed by atoms with van der Waals surface area (Å²) in [6.07, 6.45) is 2.01. The summed E-state index contributed by atoms with van der Waals surface area (Å²) in [6, 6.07) is 9.50. The number of amides is 1. The van der Waals surface area contributed by atoms with Gasteiger partial charge < -0.3 is 16.0 Å². The number of aromatic nitrogens is 2. The summed E-state index contributed by atoms with van der Waals surface area (Å²) in [5.74, 6) is 2.58. The number of carbonyl (C=O) groups is 1. The van der Waals surface area contributed by atoms with Crippen LogP contribution in [0.2, 0.25) is 0 Å². The fourth-order valence-electron chi connectivity index (χ4n) is 2.28. The summed E-state index contributed by atoms with van der Waals surface area (Å²) in [6.45, 7) is 4.70.